The van der Waals surface area contributed by atoms with Crippen molar-refractivity contribution in [1.82, 2.24) is 9.97 Å². The molecule has 1 aromatic heterocycles. The molecule has 2 aromatic carbocycles. The van der Waals surface area contributed by atoms with E-state index in [0.717, 1.165) is 24.4 Å². The van der Waals surface area contributed by atoms with Crippen molar-refractivity contribution in [2.75, 3.05) is 0 Å². The molecule has 0 bridgehead atoms. The smallest absolute Gasteiger partial charge is 0.111 e. The zero-order valence-corrected chi connectivity index (χ0v) is 14.0. The summed E-state index contributed by atoms with van der Waals surface area (Å²) in [5.74, 6) is 1.05. The van der Waals surface area contributed by atoms with Gasteiger partial charge in [-0.25, -0.2) is 4.98 Å². The summed E-state index contributed by atoms with van der Waals surface area (Å²) < 4.78 is 0. The number of imidazole rings is 1. The van der Waals surface area contributed by atoms with Crippen LogP contribution in [0.3, 0.4) is 0 Å². The molecule has 3 aromatic rings. The Morgan fingerprint density at radius 3 is 2.39 bits per heavy atom. The van der Waals surface area contributed by atoms with Crippen LogP contribution in [-0.4, -0.2) is 9.97 Å². The van der Waals surface area contributed by atoms with Gasteiger partial charge in [0, 0.05) is 17.7 Å². The van der Waals surface area contributed by atoms with E-state index in [2.05, 4.69) is 73.4 Å². The van der Waals surface area contributed by atoms with Gasteiger partial charge in [-0.2, -0.15) is 0 Å². The van der Waals surface area contributed by atoms with Gasteiger partial charge in [0.2, 0.25) is 0 Å². The SMILES string of the molecule is CCCCc1[nH]c(Cc2ccccc2)nc1-c1ccc(C)cc1. The highest BCUT2D eigenvalue weighted by molar-refractivity contribution is 5.62. The summed E-state index contributed by atoms with van der Waals surface area (Å²) in [4.78, 5) is 8.47. The van der Waals surface area contributed by atoms with E-state index in [-0.39, 0.29) is 0 Å². The molecule has 0 aliphatic heterocycles. The number of benzene rings is 2. The van der Waals surface area contributed by atoms with Crippen molar-refractivity contribution in [3.05, 3.63) is 77.2 Å². The number of aromatic nitrogens is 2. The highest BCUT2D eigenvalue weighted by Crippen LogP contribution is 2.24. The van der Waals surface area contributed by atoms with Gasteiger partial charge in [-0.1, -0.05) is 73.5 Å². The summed E-state index contributed by atoms with van der Waals surface area (Å²) in [6.45, 7) is 4.35. The number of hydrogen-bond donors (Lipinski definition) is 1. The molecule has 118 valence electrons. The van der Waals surface area contributed by atoms with Crippen molar-refractivity contribution in [2.24, 2.45) is 0 Å². The van der Waals surface area contributed by atoms with Gasteiger partial charge in [0.25, 0.3) is 0 Å². The van der Waals surface area contributed by atoms with Gasteiger partial charge >= 0.3 is 0 Å². The second-order valence-electron chi connectivity index (χ2n) is 6.14. The monoisotopic (exact) mass is 304 g/mol. The molecule has 0 aliphatic rings. The fraction of sp³-hybridized carbons (Fsp3) is 0.286. The van der Waals surface area contributed by atoms with E-state index in [4.69, 9.17) is 4.98 Å². The molecule has 1 heterocycles. The molecule has 2 nitrogen and oxygen atoms in total. The average Bonchev–Trinajstić information content (AvgIpc) is 2.97. The van der Waals surface area contributed by atoms with Crippen LogP contribution in [0.15, 0.2) is 54.6 Å². The van der Waals surface area contributed by atoms with Crippen LogP contribution in [0.4, 0.5) is 0 Å². The van der Waals surface area contributed by atoms with Gasteiger partial charge in [0.05, 0.1) is 5.69 Å². The minimum absolute atomic E-state index is 0.853. The highest BCUT2D eigenvalue weighted by atomic mass is 14.9. The third-order valence-corrected chi connectivity index (χ3v) is 4.15. The van der Waals surface area contributed by atoms with E-state index < -0.39 is 0 Å². The Bertz CT molecular complexity index is 739. The van der Waals surface area contributed by atoms with Crippen LogP contribution in [-0.2, 0) is 12.8 Å². The predicted molar refractivity (Wildman–Crippen MR) is 96.6 cm³/mol. The molecule has 0 unspecified atom stereocenters. The first kappa shape index (κ1) is 15.5. The molecular weight excluding hydrogens is 280 g/mol. The Hall–Kier alpha value is -2.35. The Morgan fingerprint density at radius 2 is 1.70 bits per heavy atom. The first-order valence-electron chi connectivity index (χ1n) is 8.45. The molecule has 0 spiro atoms. The molecule has 3 rings (SSSR count). The molecule has 0 amide bonds. The highest BCUT2D eigenvalue weighted by Gasteiger charge is 2.12. The summed E-state index contributed by atoms with van der Waals surface area (Å²) >= 11 is 0. The van der Waals surface area contributed by atoms with Gasteiger partial charge in [-0.05, 0) is 25.3 Å². The third-order valence-electron chi connectivity index (χ3n) is 4.15. The standard InChI is InChI=1S/C21H24N2/c1-3-4-10-19-21(18-13-11-16(2)12-14-18)23-20(22-19)15-17-8-6-5-7-9-17/h5-9,11-14H,3-4,10,15H2,1-2H3,(H,22,23). The maximum absolute atomic E-state index is 4.90. The number of nitrogens with one attached hydrogen (secondary N) is 1. The second-order valence-corrected chi connectivity index (χ2v) is 6.14. The van der Waals surface area contributed by atoms with Crippen molar-refractivity contribution in [3.8, 4) is 11.3 Å². The Kier molecular flexibility index (Phi) is 4.92. The Balaban J connectivity index is 1.91. The van der Waals surface area contributed by atoms with Crippen molar-refractivity contribution in [1.29, 1.82) is 0 Å². The van der Waals surface area contributed by atoms with E-state index in [1.165, 1.54) is 35.2 Å². The van der Waals surface area contributed by atoms with Crippen molar-refractivity contribution >= 4 is 0 Å². The van der Waals surface area contributed by atoms with Crippen molar-refractivity contribution in [3.63, 3.8) is 0 Å². The minimum atomic E-state index is 0.853. The molecule has 23 heavy (non-hydrogen) atoms. The normalized spacial score (nSPS) is 10.9. The maximum atomic E-state index is 4.90. The average molecular weight is 304 g/mol. The van der Waals surface area contributed by atoms with E-state index in [1.54, 1.807) is 0 Å². The van der Waals surface area contributed by atoms with Crippen molar-refractivity contribution < 1.29 is 0 Å². The van der Waals surface area contributed by atoms with Crippen LogP contribution in [0.25, 0.3) is 11.3 Å². The van der Waals surface area contributed by atoms with Crippen molar-refractivity contribution in [2.45, 2.75) is 39.5 Å². The zero-order valence-electron chi connectivity index (χ0n) is 14.0. The molecule has 1 N–H and O–H groups in total. The largest absolute Gasteiger partial charge is 0.345 e. The number of aryl methyl sites for hydroxylation is 2. The lowest BCUT2D eigenvalue weighted by Gasteiger charge is -2.02. The summed E-state index contributed by atoms with van der Waals surface area (Å²) in [6.07, 6.45) is 4.29. The Morgan fingerprint density at radius 1 is 0.957 bits per heavy atom. The van der Waals surface area contributed by atoms with Gasteiger partial charge in [0.15, 0.2) is 0 Å². The second kappa shape index (κ2) is 7.28. The lowest BCUT2D eigenvalue weighted by atomic mass is 10.1. The first-order valence-corrected chi connectivity index (χ1v) is 8.45. The van der Waals surface area contributed by atoms with Gasteiger partial charge < -0.3 is 4.98 Å². The topological polar surface area (TPSA) is 28.7 Å². The van der Waals surface area contributed by atoms with Crippen LogP contribution >= 0.6 is 0 Å². The quantitative estimate of drug-likeness (QED) is 0.656. The molecule has 0 radical (unpaired) electrons. The van der Waals surface area contributed by atoms with Gasteiger partial charge in [-0.15, -0.1) is 0 Å². The van der Waals surface area contributed by atoms with Crippen LogP contribution in [0.2, 0.25) is 0 Å². The number of H-pyrrole nitrogens is 1. The van der Waals surface area contributed by atoms with Crippen LogP contribution < -0.4 is 0 Å². The number of nitrogens with zero attached hydrogens (tertiary/aromatic N) is 1. The molecule has 0 fully saturated rings. The summed E-state index contributed by atoms with van der Waals surface area (Å²) in [5, 5.41) is 0. The summed E-state index contributed by atoms with van der Waals surface area (Å²) in [5.41, 5.74) is 6.16. The van der Waals surface area contributed by atoms with Crippen LogP contribution in [0.1, 0.15) is 42.4 Å². The molecule has 0 aliphatic carbocycles. The predicted octanol–water partition coefficient (Wildman–Crippen LogP) is 5.32. The van der Waals surface area contributed by atoms with Crippen LogP contribution in [0.5, 0.6) is 0 Å². The molecule has 0 saturated heterocycles. The zero-order chi connectivity index (χ0) is 16.1. The maximum Gasteiger partial charge on any atom is 0.111 e. The van der Waals surface area contributed by atoms with E-state index in [0.29, 0.717) is 0 Å². The summed E-state index contributed by atoms with van der Waals surface area (Å²) in [7, 11) is 0. The fourth-order valence-corrected chi connectivity index (χ4v) is 2.82. The van der Waals surface area contributed by atoms with E-state index in [9.17, 15) is 0 Å². The minimum Gasteiger partial charge on any atom is -0.345 e. The third kappa shape index (κ3) is 3.89. The lowest BCUT2D eigenvalue weighted by Crippen LogP contribution is -1.91. The number of hydrogen-bond acceptors (Lipinski definition) is 1. The van der Waals surface area contributed by atoms with Gasteiger partial charge in [-0.3, -0.25) is 0 Å². The van der Waals surface area contributed by atoms with Gasteiger partial charge in [0.1, 0.15) is 5.82 Å². The van der Waals surface area contributed by atoms with Crippen LogP contribution in [0, 0.1) is 6.92 Å². The molecule has 0 atom stereocenters. The molecule has 0 saturated carbocycles. The molecular formula is C21H24N2. The Labute approximate surface area is 138 Å². The van der Waals surface area contributed by atoms with E-state index >= 15 is 0 Å². The molecule has 2 heteroatoms. The number of unbranched alkanes of at least 4 members (excludes halogenated alkanes) is 1. The van der Waals surface area contributed by atoms with E-state index in [1.807, 2.05) is 0 Å². The number of aromatic amines is 1. The fourth-order valence-electron chi connectivity index (χ4n) is 2.82. The number of rotatable bonds is 6. The lowest BCUT2D eigenvalue weighted by molar-refractivity contribution is 0.779. The summed E-state index contributed by atoms with van der Waals surface area (Å²) in [6, 6.07) is 19.2. The first-order chi connectivity index (χ1) is 11.3.